The van der Waals surface area contributed by atoms with Gasteiger partial charge in [0.15, 0.2) is 0 Å². The van der Waals surface area contributed by atoms with Crippen molar-refractivity contribution in [1.29, 1.82) is 0 Å². The fourth-order valence-electron chi connectivity index (χ4n) is 3.41. The third-order valence-corrected chi connectivity index (χ3v) is 4.83. The predicted octanol–water partition coefficient (Wildman–Crippen LogP) is 3.31. The average Bonchev–Trinajstić information content (AvgIpc) is 3.15. The lowest BCUT2D eigenvalue weighted by Gasteiger charge is -2.17. The number of carbonyl (C=O) groups excluding carboxylic acids is 1. The quantitative estimate of drug-likeness (QED) is 0.546. The number of nitrogens with one attached hydrogen (secondary N) is 2. The predicted molar refractivity (Wildman–Crippen MR) is 112 cm³/mol. The molecule has 0 aliphatic carbocycles. The SMILES string of the molecule is CNCC1CCN(C(=O)c2ccc(NCc3ccccc3)c([N+](=O)[O-])c2)C1.Cl. The molecule has 7 nitrogen and oxygen atoms in total. The molecule has 0 radical (unpaired) electrons. The second-order valence-corrected chi connectivity index (χ2v) is 6.79. The number of hydrogen-bond acceptors (Lipinski definition) is 5. The number of hydrogen-bond donors (Lipinski definition) is 2. The van der Waals surface area contributed by atoms with Gasteiger partial charge in [0.05, 0.1) is 4.92 Å². The molecule has 1 aliphatic heterocycles. The number of nitro groups is 1. The number of benzene rings is 2. The number of likely N-dealkylation sites (tertiary alicyclic amines) is 1. The zero-order valence-electron chi connectivity index (χ0n) is 15.8. The van der Waals surface area contributed by atoms with Crippen LogP contribution in [0.4, 0.5) is 11.4 Å². The summed E-state index contributed by atoms with van der Waals surface area (Å²) in [6.45, 7) is 2.72. The van der Waals surface area contributed by atoms with Crippen LogP contribution < -0.4 is 10.6 Å². The third-order valence-electron chi connectivity index (χ3n) is 4.83. The molecule has 2 aromatic carbocycles. The van der Waals surface area contributed by atoms with Crippen LogP contribution in [0.5, 0.6) is 0 Å². The van der Waals surface area contributed by atoms with Crippen molar-refractivity contribution >= 4 is 29.7 Å². The van der Waals surface area contributed by atoms with E-state index in [9.17, 15) is 14.9 Å². The van der Waals surface area contributed by atoms with E-state index in [1.165, 1.54) is 6.07 Å². The monoisotopic (exact) mass is 404 g/mol. The highest BCUT2D eigenvalue weighted by Gasteiger charge is 2.27. The van der Waals surface area contributed by atoms with Crippen molar-refractivity contribution in [2.45, 2.75) is 13.0 Å². The van der Waals surface area contributed by atoms with E-state index in [-0.39, 0.29) is 24.0 Å². The Morgan fingerprint density at radius 2 is 2.00 bits per heavy atom. The zero-order chi connectivity index (χ0) is 19.2. The molecule has 8 heteroatoms. The molecule has 2 N–H and O–H groups in total. The van der Waals surface area contributed by atoms with E-state index in [1.54, 1.807) is 17.0 Å². The van der Waals surface area contributed by atoms with Crippen molar-refractivity contribution in [2.24, 2.45) is 5.92 Å². The Balaban J connectivity index is 0.00000280. The highest BCUT2D eigenvalue weighted by Crippen LogP contribution is 2.28. The van der Waals surface area contributed by atoms with E-state index in [1.807, 2.05) is 37.4 Å². The number of anilines is 1. The summed E-state index contributed by atoms with van der Waals surface area (Å²) in [5, 5.41) is 17.7. The second-order valence-electron chi connectivity index (χ2n) is 6.79. The maximum absolute atomic E-state index is 12.7. The van der Waals surface area contributed by atoms with Gasteiger partial charge in [0.25, 0.3) is 11.6 Å². The van der Waals surface area contributed by atoms with Gasteiger partial charge in [-0.3, -0.25) is 14.9 Å². The minimum Gasteiger partial charge on any atom is -0.375 e. The van der Waals surface area contributed by atoms with Crippen LogP contribution in [0, 0.1) is 16.0 Å². The van der Waals surface area contributed by atoms with Crippen LogP contribution in [-0.2, 0) is 6.54 Å². The van der Waals surface area contributed by atoms with Crippen molar-refractivity contribution < 1.29 is 9.72 Å². The van der Waals surface area contributed by atoms with Gasteiger partial charge < -0.3 is 15.5 Å². The molecule has 1 amide bonds. The lowest BCUT2D eigenvalue weighted by atomic mass is 10.1. The smallest absolute Gasteiger partial charge is 0.293 e. The van der Waals surface area contributed by atoms with Crippen LogP contribution in [0.1, 0.15) is 22.3 Å². The summed E-state index contributed by atoms with van der Waals surface area (Å²) >= 11 is 0. The Kier molecular flexibility index (Phi) is 7.78. The fraction of sp³-hybridized carbons (Fsp3) is 0.350. The second kappa shape index (κ2) is 10.1. The van der Waals surface area contributed by atoms with E-state index >= 15 is 0 Å². The van der Waals surface area contributed by atoms with Crippen molar-refractivity contribution in [1.82, 2.24) is 10.2 Å². The molecule has 0 aromatic heterocycles. The molecule has 0 saturated carbocycles. The maximum atomic E-state index is 12.7. The van der Waals surface area contributed by atoms with Gasteiger partial charge >= 0.3 is 0 Å². The van der Waals surface area contributed by atoms with Crippen molar-refractivity contribution in [3.8, 4) is 0 Å². The summed E-state index contributed by atoms with van der Waals surface area (Å²) in [6.07, 6.45) is 0.950. The molecule has 3 rings (SSSR count). The summed E-state index contributed by atoms with van der Waals surface area (Å²) in [4.78, 5) is 25.6. The molecule has 1 unspecified atom stereocenters. The Hall–Kier alpha value is -2.64. The van der Waals surface area contributed by atoms with Crippen LogP contribution in [0.25, 0.3) is 0 Å². The topological polar surface area (TPSA) is 87.5 Å². The Morgan fingerprint density at radius 3 is 2.68 bits per heavy atom. The number of rotatable bonds is 7. The summed E-state index contributed by atoms with van der Waals surface area (Å²) in [5.41, 5.74) is 1.72. The lowest BCUT2D eigenvalue weighted by molar-refractivity contribution is -0.384. The van der Waals surface area contributed by atoms with E-state index in [2.05, 4.69) is 10.6 Å². The van der Waals surface area contributed by atoms with Gasteiger partial charge in [-0.05, 0) is 43.6 Å². The molecule has 150 valence electrons. The first-order valence-corrected chi connectivity index (χ1v) is 9.08. The Morgan fingerprint density at radius 1 is 1.25 bits per heavy atom. The number of nitro benzene ring substituents is 1. The summed E-state index contributed by atoms with van der Waals surface area (Å²) in [5.74, 6) is 0.284. The van der Waals surface area contributed by atoms with E-state index in [0.717, 1.165) is 18.5 Å². The fourth-order valence-corrected chi connectivity index (χ4v) is 3.41. The van der Waals surface area contributed by atoms with Crippen LogP contribution in [0.3, 0.4) is 0 Å². The molecule has 1 aliphatic rings. The molecule has 1 heterocycles. The van der Waals surface area contributed by atoms with Crippen LogP contribution >= 0.6 is 12.4 Å². The normalized spacial score (nSPS) is 15.8. The average molecular weight is 405 g/mol. The van der Waals surface area contributed by atoms with Gasteiger partial charge in [-0.2, -0.15) is 0 Å². The standard InChI is InChI=1S/C20H24N4O3.ClH/c1-21-12-16-9-10-23(14-16)20(25)17-7-8-18(19(11-17)24(26)27)22-13-15-5-3-2-4-6-15;/h2-8,11,16,21-22H,9-10,12-14H2,1H3;1H. The van der Waals surface area contributed by atoms with Gasteiger partial charge in [0.2, 0.25) is 0 Å². The van der Waals surface area contributed by atoms with Crippen LogP contribution in [0.15, 0.2) is 48.5 Å². The summed E-state index contributed by atoms with van der Waals surface area (Å²) in [6, 6.07) is 14.3. The number of carbonyl (C=O) groups is 1. The minimum atomic E-state index is -0.447. The van der Waals surface area contributed by atoms with Crippen LogP contribution in [-0.4, -0.2) is 42.4 Å². The first-order valence-electron chi connectivity index (χ1n) is 9.08. The first-order chi connectivity index (χ1) is 13.1. The highest BCUT2D eigenvalue weighted by atomic mass is 35.5. The zero-order valence-corrected chi connectivity index (χ0v) is 16.6. The lowest BCUT2D eigenvalue weighted by Crippen LogP contribution is -2.30. The summed E-state index contributed by atoms with van der Waals surface area (Å²) < 4.78 is 0. The number of nitrogens with zero attached hydrogens (tertiary/aromatic N) is 2. The van der Waals surface area contributed by atoms with Gasteiger partial charge in [0.1, 0.15) is 5.69 Å². The molecular formula is C20H25ClN4O3. The molecule has 2 aromatic rings. The third kappa shape index (κ3) is 5.21. The molecule has 0 bridgehead atoms. The molecule has 0 spiro atoms. The largest absolute Gasteiger partial charge is 0.375 e. The maximum Gasteiger partial charge on any atom is 0.293 e. The van der Waals surface area contributed by atoms with Crippen molar-refractivity contribution in [3.05, 3.63) is 69.8 Å². The van der Waals surface area contributed by atoms with Gasteiger partial charge in [-0.1, -0.05) is 30.3 Å². The first kappa shape index (κ1) is 21.7. The van der Waals surface area contributed by atoms with Crippen molar-refractivity contribution in [3.63, 3.8) is 0 Å². The van der Waals surface area contributed by atoms with E-state index in [0.29, 0.717) is 36.8 Å². The molecule has 1 saturated heterocycles. The Bertz CT molecular complexity index is 816. The van der Waals surface area contributed by atoms with E-state index in [4.69, 9.17) is 0 Å². The molecule has 28 heavy (non-hydrogen) atoms. The van der Waals surface area contributed by atoms with Gasteiger partial charge in [0, 0.05) is 31.3 Å². The van der Waals surface area contributed by atoms with Gasteiger partial charge in [-0.25, -0.2) is 0 Å². The Labute approximate surface area is 170 Å². The molecule has 1 atom stereocenters. The number of halogens is 1. The van der Waals surface area contributed by atoms with Crippen LogP contribution in [0.2, 0.25) is 0 Å². The molecule has 1 fully saturated rings. The molecular weight excluding hydrogens is 380 g/mol. The number of amides is 1. The van der Waals surface area contributed by atoms with Crippen molar-refractivity contribution in [2.75, 3.05) is 32.0 Å². The van der Waals surface area contributed by atoms with E-state index < -0.39 is 4.92 Å². The highest BCUT2D eigenvalue weighted by molar-refractivity contribution is 5.96. The summed E-state index contributed by atoms with van der Waals surface area (Å²) in [7, 11) is 1.90. The van der Waals surface area contributed by atoms with Gasteiger partial charge in [-0.15, -0.1) is 12.4 Å². The minimum absolute atomic E-state index is 0.